The molecule has 204 valence electrons. The molecule has 9 nitrogen and oxygen atoms in total. The van der Waals surface area contributed by atoms with Crippen molar-refractivity contribution in [3.8, 4) is 0 Å². The first-order valence-corrected chi connectivity index (χ1v) is 14.1. The van der Waals surface area contributed by atoms with Crippen molar-refractivity contribution in [3.63, 3.8) is 0 Å². The Balaban J connectivity index is 1.93. The lowest BCUT2D eigenvalue weighted by molar-refractivity contribution is 0.0541. The maximum absolute atomic E-state index is 13.5. The van der Waals surface area contributed by atoms with Crippen molar-refractivity contribution < 1.29 is 9.47 Å². The van der Waals surface area contributed by atoms with Gasteiger partial charge < -0.3 is 18.6 Å². The van der Waals surface area contributed by atoms with Gasteiger partial charge in [-0.3, -0.25) is 19.6 Å². The molecule has 3 aromatic rings. The summed E-state index contributed by atoms with van der Waals surface area (Å²) in [6, 6.07) is 1.67. The number of nitrogens with zero attached hydrogens (tertiary/aromatic N) is 5. The molecular weight excluding hydrogens is 529 g/mol. The normalized spacial score (nSPS) is 15.1. The minimum atomic E-state index is -0.195. The van der Waals surface area contributed by atoms with Gasteiger partial charge in [-0.2, -0.15) is 0 Å². The second kappa shape index (κ2) is 14.5. The van der Waals surface area contributed by atoms with Crippen LogP contribution in [0.3, 0.4) is 0 Å². The Kier molecular flexibility index (Phi) is 10.9. The van der Waals surface area contributed by atoms with Crippen LogP contribution in [-0.4, -0.2) is 77.8 Å². The first-order valence-electron chi connectivity index (χ1n) is 13.0. The van der Waals surface area contributed by atoms with Gasteiger partial charge in [0.15, 0.2) is 0 Å². The van der Waals surface area contributed by atoms with Gasteiger partial charge in [-0.1, -0.05) is 0 Å². The first-order chi connectivity index (χ1) is 18.6. The molecule has 0 fully saturated rings. The van der Waals surface area contributed by atoms with Crippen molar-refractivity contribution in [1.82, 2.24) is 14.1 Å². The van der Waals surface area contributed by atoms with Gasteiger partial charge in [0.05, 0.1) is 61.3 Å². The van der Waals surface area contributed by atoms with Crippen LogP contribution in [0.2, 0.25) is 0 Å². The van der Waals surface area contributed by atoms with Crippen LogP contribution in [-0.2, 0) is 22.6 Å². The second-order valence-corrected chi connectivity index (χ2v) is 9.79. The standard InChI is InChI=1S/C27H33Cl2N5O4/c28-5-1-3-9-33-18-20-16-30-7-11-37-13-14-38-12-8-31-17-21-19-34(10-4-2-6-29)27(36)23-15-22(26(33)35)24(20)32-25(21)23/h15-19H,1-14H2. The lowest BCUT2D eigenvalue weighted by Crippen LogP contribution is -2.24. The number of alkyl halides is 2. The van der Waals surface area contributed by atoms with Crippen molar-refractivity contribution in [2.24, 2.45) is 9.98 Å². The molecule has 11 heteroatoms. The zero-order valence-corrected chi connectivity index (χ0v) is 22.9. The zero-order chi connectivity index (χ0) is 26.7. The summed E-state index contributed by atoms with van der Waals surface area (Å²) in [5.41, 5.74) is 2.02. The zero-order valence-electron chi connectivity index (χ0n) is 21.4. The van der Waals surface area contributed by atoms with Crippen LogP contribution in [0.4, 0.5) is 0 Å². The number of aryl methyl sites for hydroxylation is 2. The van der Waals surface area contributed by atoms with E-state index in [1.54, 1.807) is 40.0 Å². The van der Waals surface area contributed by atoms with Crippen LogP contribution >= 0.6 is 23.2 Å². The molecular formula is C27H33Cl2N5O4. The Labute approximate surface area is 231 Å². The van der Waals surface area contributed by atoms with E-state index in [0.29, 0.717) is 97.3 Å². The van der Waals surface area contributed by atoms with Gasteiger partial charge >= 0.3 is 0 Å². The third kappa shape index (κ3) is 7.08. The predicted molar refractivity (Wildman–Crippen MR) is 154 cm³/mol. The fourth-order valence-electron chi connectivity index (χ4n) is 4.32. The summed E-state index contributed by atoms with van der Waals surface area (Å²) in [6.07, 6.45) is 10.1. The summed E-state index contributed by atoms with van der Waals surface area (Å²) in [5.74, 6) is 1.06. The lowest BCUT2D eigenvalue weighted by Gasteiger charge is -2.13. The van der Waals surface area contributed by atoms with E-state index in [0.717, 1.165) is 25.7 Å². The van der Waals surface area contributed by atoms with E-state index in [2.05, 4.69) is 9.98 Å². The topological polar surface area (TPSA) is 100 Å². The summed E-state index contributed by atoms with van der Waals surface area (Å²) in [5, 5.41) is 0.766. The molecule has 2 bridgehead atoms. The highest BCUT2D eigenvalue weighted by Crippen LogP contribution is 2.20. The summed E-state index contributed by atoms with van der Waals surface area (Å²) in [4.78, 5) is 40.9. The van der Waals surface area contributed by atoms with Gasteiger partial charge in [0.2, 0.25) is 0 Å². The van der Waals surface area contributed by atoms with E-state index >= 15 is 0 Å². The highest BCUT2D eigenvalue weighted by molar-refractivity contribution is 6.18. The number of hydrogen-bond donors (Lipinski definition) is 0. The molecule has 4 rings (SSSR count). The fraction of sp³-hybridized carbons (Fsp3) is 0.519. The van der Waals surface area contributed by atoms with Crippen LogP contribution in [0, 0.1) is 0 Å². The minimum Gasteiger partial charge on any atom is -0.377 e. The van der Waals surface area contributed by atoms with Crippen molar-refractivity contribution in [2.45, 2.75) is 38.8 Å². The number of halogens is 2. The van der Waals surface area contributed by atoms with Crippen LogP contribution in [0.25, 0.3) is 21.8 Å². The van der Waals surface area contributed by atoms with Crippen molar-refractivity contribution in [3.05, 3.63) is 50.3 Å². The number of ether oxygens (including phenoxy) is 2. The van der Waals surface area contributed by atoms with Gasteiger partial charge in [0.25, 0.3) is 11.1 Å². The molecule has 0 aromatic carbocycles. The van der Waals surface area contributed by atoms with E-state index in [1.807, 2.05) is 0 Å². The van der Waals surface area contributed by atoms with E-state index in [-0.39, 0.29) is 11.1 Å². The monoisotopic (exact) mass is 561 g/mol. The summed E-state index contributed by atoms with van der Waals surface area (Å²) in [7, 11) is 0. The van der Waals surface area contributed by atoms with Crippen molar-refractivity contribution in [2.75, 3.05) is 51.3 Å². The second-order valence-electron chi connectivity index (χ2n) is 9.03. The van der Waals surface area contributed by atoms with E-state index in [9.17, 15) is 9.59 Å². The Morgan fingerprint density at radius 2 is 1.18 bits per heavy atom. The van der Waals surface area contributed by atoms with Crippen LogP contribution in [0.5, 0.6) is 0 Å². The van der Waals surface area contributed by atoms with E-state index in [1.165, 1.54) is 0 Å². The molecule has 4 heterocycles. The van der Waals surface area contributed by atoms with Gasteiger partial charge in [0.1, 0.15) is 0 Å². The summed E-state index contributed by atoms with van der Waals surface area (Å²) >= 11 is 11.7. The largest absolute Gasteiger partial charge is 0.377 e. The first kappa shape index (κ1) is 28.4. The quantitative estimate of drug-likeness (QED) is 0.237. The number of aromatic nitrogens is 3. The maximum atomic E-state index is 13.5. The van der Waals surface area contributed by atoms with Gasteiger partial charge in [-0.25, -0.2) is 4.98 Å². The van der Waals surface area contributed by atoms with E-state index in [4.69, 9.17) is 37.7 Å². The van der Waals surface area contributed by atoms with E-state index < -0.39 is 0 Å². The van der Waals surface area contributed by atoms with Crippen LogP contribution in [0.1, 0.15) is 36.8 Å². The average molecular weight is 562 g/mol. The van der Waals surface area contributed by atoms with Gasteiger partial charge in [0, 0.05) is 60.8 Å². The number of unbranched alkanes of at least 4 members (excludes halogenated alkanes) is 2. The summed E-state index contributed by atoms with van der Waals surface area (Å²) < 4.78 is 14.5. The molecule has 0 unspecified atom stereocenters. The molecule has 0 saturated heterocycles. The third-order valence-electron chi connectivity index (χ3n) is 6.27. The summed E-state index contributed by atoms with van der Waals surface area (Å²) in [6.45, 7) is 3.81. The highest BCUT2D eigenvalue weighted by Gasteiger charge is 2.16. The molecule has 0 saturated carbocycles. The average Bonchev–Trinajstić information content (AvgIpc) is 2.92. The lowest BCUT2D eigenvalue weighted by atomic mass is 10.1. The molecule has 0 N–H and O–H groups in total. The Bertz CT molecular complexity index is 1310. The highest BCUT2D eigenvalue weighted by atomic mass is 35.5. The fourth-order valence-corrected chi connectivity index (χ4v) is 4.70. The number of aliphatic imine (C=N–C) groups is 2. The maximum Gasteiger partial charge on any atom is 0.260 e. The van der Waals surface area contributed by atoms with Gasteiger partial charge in [-0.15, -0.1) is 23.2 Å². The molecule has 0 spiro atoms. The van der Waals surface area contributed by atoms with Crippen LogP contribution < -0.4 is 11.1 Å². The molecule has 1 aliphatic heterocycles. The molecule has 38 heavy (non-hydrogen) atoms. The predicted octanol–water partition coefficient (Wildman–Crippen LogP) is 3.63. The number of rotatable bonds is 8. The van der Waals surface area contributed by atoms with Crippen molar-refractivity contribution >= 4 is 57.4 Å². The molecule has 0 radical (unpaired) electrons. The smallest absolute Gasteiger partial charge is 0.260 e. The third-order valence-corrected chi connectivity index (χ3v) is 6.80. The number of pyridine rings is 3. The molecule has 0 atom stereocenters. The SMILES string of the molecule is O=c1c2cc3c(=O)n(CCCCCl)cc4c3nc2c(cn1CCCCCl)C=NCCOCCOCCN=C4. The van der Waals surface area contributed by atoms with Gasteiger partial charge in [-0.05, 0) is 31.7 Å². The Hall–Kier alpha value is -2.59. The molecule has 0 aliphatic carbocycles. The molecule has 1 aliphatic rings. The molecule has 0 amide bonds. The van der Waals surface area contributed by atoms with Crippen molar-refractivity contribution in [1.29, 1.82) is 0 Å². The Morgan fingerprint density at radius 1 is 0.711 bits per heavy atom. The Morgan fingerprint density at radius 3 is 1.63 bits per heavy atom. The number of hydrogen-bond acceptors (Lipinski definition) is 7. The minimum absolute atomic E-state index is 0.195. The molecule has 3 aromatic heterocycles. The van der Waals surface area contributed by atoms with Crippen LogP contribution in [0.15, 0.2) is 38.0 Å².